The zero-order chi connectivity index (χ0) is 12.0. The molecule has 0 saturated carbocycles. The first-order chi connectivity index (χ1) is 7.68. The molecule has 0 aromatic carbocycles. The first-order valence-corrected chi connectivity index (χ1v) is 6.24. The first-order valence-electron chi connectivity index (χ1n) is 6.24. The van der Waals surface area contributed by atoms with Gasteiger partial charge in [0.15, 0.2) is 0 Å². The maximum atomic E-state index is 11.9. The number of nitrogens with zero attached hydrogens (tertiary/aromatic N) is 1. The maximum absolute atomic E-state index is 11.9. The highest BCUT2D eigenvalue weighted by Crippen LogP contribution is 2.23. The van der Waals surface area contributed by atoms with Crippen molar-refractivity contribution in [2.75, 3.05) is 33.3 Å². The zero-order valence-electron chi connectivity index (χ0n) is 10.7. The minimum atomic E-state index is -0.434. The van der Waals surface area contributed by atoms with Crippen LogP contribution in [0.5, 0.6) is 0 Å². The maximum Gasteiger partial charge on any atom is 0.326 e. The van der Waals surface area contributed by atoms with Crippen LogP contribution in [0.15, 0.2) is 0 Å². The molecule has 0 unspecified atom stereocenters. The molecule has 0 spiro atoms. The van der Waals surface area contributed by atoms with E-state index in [2.05, 4.69) is 24.1 Å². The van der Waals surface area contributed by atoms with Crippen LogP contribution in [0.25, 0.3) is 0 Å². The Morgan fingerprint density at radius 2 is 2.00 bits per heavy atom. The largest absolute Gasteiger partial charge is 0.468 e. The predicted octanol–water partition coefficient (Wildman–Crippen LogP) is 1.01. The minimum Gasteiger partial charge on any atom is -0.468 e. The highest BCUT2D eigenvalue weighted by molar-refractivity contribution is 5.81. The molecule has 0 radical (unpaired) electrons. The van der Waals surface area contributed by atoms with E-state index in [0.29, 0.717) is 0 Å². The quantitative estimate of drug-likeness (QED) is 0.713. The van der Waals surface area contributed by atoms with Crippen LogP contribution in [0.3, 0.4) is 0 Å². The summed E-state index contributed by atoms with van der Waals surface area (Å²) in [7, 11) is 1.48. The number of ether oxygens (including phenoxy) is 1. The summed E-state index contributed by atoms with van der Waals surface area (Å²) in [5, 5.41) is 3.38. The summed E-state index contributed by atoms with van der Waals surface area (Å²) < 4.78 is 4.94. The smallest absolute Gasteiger partial charge is 0.326 e. The van der Waals surface area contributed by atoms with Crippen molar-refractivity contribution in [2.24, 2.45) is 0 Å². The van der Waals surface area contributed by atoms with Gasteiger partial charge in [0.25, 0.3) is 0 Å². The number of rotatable bonds is 5. The van der Waals surface area contributed by atoms with E-state index >= 15 is 0 Å². The number of likely N-dealkylation sites (tertiary alicyclic amines) is 1. The molecule has 1 N–H and O–H groups in total. The van der Waals surface area contributed by atoms with Crippen molar-refractivity contribution in [3.05, 3.63) is 0 Å². The van der Waals surface area contributed by atoms with E-state index in [1.54, 1.807) is 0 Å². The Hall–Kier alpha value is -0.610. The number of hydrogen-bond acceptors (Lipinski definition) is 4. The van der Waals surface area contributed by atoms with E-state index in [1.807, 2.05) is 0 Å². The Morgan fingerprint density at radius 3 is 2.44 bits per heavy atom. The van der Waals surface area contributed by atoms with E-state index in [1.165, 1.54) is 7.11 Å². The van der Waals surface area contributed by atoms with Crippen molar-refractivity contribution in [3.63, 3.8) is 0 Å². The summed E-state index contributed by atoms with van der Waals surface area (Å²) in [4.78, 5) is 14.3. The van der Waals surface area contributed by atoms with Gasteiger partial charge >= 0.3 is 5.97 Å². The van der Waals surface area contributed by atoms with Crippen LogP contribution < -0.4 is 5.32 Å². The molecule has 4 nitrogen and oxygen atoms in total. The molecule has 4 heteroatoms. The lowest BCUT2D eigenvalue weighted by Crippen LogP contribution is -2.59. The molecule has 0 aliphatic carbocycles. The molecule has 0 atom stereocenters. The van der Waals surface area contributed by atoms with Crippen molar-refractivity contribution < 1.29 is 9.53 Å². The third-order valence-electron chi connectivity index (χ3n) is 3.45. The van der Waals surface area contributed by atoms with Gasteiger partial charge < -0.3 is 15.0 Å². The summed E-state index contributed by atoms with van der Waals surface area (Å²) in [5.74, 6) is -0.100. The normalized spacial score (nSPS) is 20.7. The summed E-state index contributed by atoms with van der Waals surface area (Å²) in [6, 6.07) is 0. The fraction of sp³-hybridized carbons (Fsp3) is 0.917. The number of nitrogens with one attached hydrogen (secondary N) is 1. The lowest BCUT2D eigenvalue weighted by atomic mass is 9.87. The number of hydrogen-bond donors (Lipinski definition) is 1. The zero-order valence-corrected chi connectivity index (χ0v) is 10.7. The fourth-order valence-electron chi connectivity index (χ4n) is 2.26. The molecule has 1 aliphatic heterocycles. The van der Waals surface area contributed by atoms with Crippen LogP contribution >= 0.6 is 0 Å². The summed E-state index contributed by atoms with van der Waals surface area (Å²) in [5.41, 5.74) is -0.434. The molecular weight excluding hydrogens is 204 g/mol. The van der Waals surface area contributed by atoms with Crippen LogP contribution in [-0.2, 0) is 9.53 Å². The minimum absolute atomic E-state index is 0.100. The third kappa shape index (κ3) is 2.95. The molecule has 1 aliphatic rings. The van der Waals surface area contributed by atoms with Crippen molar-refractivity contribution >= 4 is 5.97 Å². The molecule has 1 heterocycles. The molecule has 0 amide bonds. The Balaban J connectivity index is 2.62. The monoisotopic (exact) mass is 228 g/mol. The Labute approximate surface area is 98.3 Å². The summed E-state index contributed by atoms with van der Waals surface area (Å²) in [6.07, 6.45) is 2.75. The molecule has 16 heavy (non-hydrogen) atoms. The van der Waals surface area contributed by atoms with E-state index in [-0.39, 0.29) is 5.97 Å². The number of piperidine rings is 1. The van der Waals surface area contributed by atoms with Gasteiger partial charge in [0.05, 0.1) is 7.11 Å². The van der Waals surface area contributed by atoms with Crippen LogP contribution in [0.1, 0.15) is 33.1 Å². The first kappa shape index (κ1) is 13.5. The highest BCUT2D eigenvalue weighted by Gasteiger charge is 2.41. The molecule has 1 fully saturated rings. The molecule has 0 aromatic heterocycles. The Morgan fingerprint density at radius 1 is 1.38 bits per heavy atom. The number of carbonyl (C=O) groups is 1. The van der Waals surface area contributed by atoms with Gasteiger partial charge in [0, 0.05) is 13.1 Å². The topological polar surface area (TPSA) is 41.6 Å². The van der Waals surface area contributed by atoms with Gasteiger partial charge in [-0.1, -0.05) is 13.8 Å². The molecule has 1 rings (SSSR count). The number of carbonyl (C=O) groups excluding carboxylic acids is 1. The van der Waals surface area contributed by atoms with Crippen LogP contribution in [0.4, 0.5) is 0 Å². The van der Waals surface area contributed by atoms with Gasteiger partial charge in [-0.05, 0) is 32.4 Å². The van der Waals surface area contributed by atoms with Crippen LogP contribution in [0, 0.1) is 0 Å². The number of esters is 1. The number of methoxy groups -OCH3 is 1. The lowest BCUT2D eigenvalue weighted by Gasteiger charge is -2.40. The van der Waals surface area contributed by atoms with Crippen molar-refractivity contribution in [2.45, 2.75) is 38.6 Å². The van der Waals surface area contributed by atoms with Gasteiger partial charge in [-0.15, -0.1) is 0 Å². The van der Waals surface area contributed by atoms with E-state index < -0.39 is 5.54 Å². The molecule has 94 valence electrons. The van der Waals surface area contributed by atoms with Crippen LogP contribution in [-0.4, -0.2) is 49.7 Å². The molecule has 0 bridgehead atoms. The lowest BCUT2D eigenvalue weighted by molar-refractivity contribution is -0.151. The van der Waals surface area contributed by atoms with Crippen LogP contribution in [0.2, 0.25) is 0 Å². The summed E-state index contributed by atoms with van der Waals surface area (Å²) in [6.45, 7) is 8.15. The standard InChI is InChI=1S/C12H24N2O2/c1-4-8-13-12(11(15)16-3)6-9-14(5-2)10-7-12/h13H,4-10H2,1-3H3. The van der Waals surface area contributed by atoms with E-state index in [4.69, 9.17) is 4.74 Å². The SMILES string of the molecule is CCCNC1(C(=O)OC)CCN(CC)CC1. The van der Waals surface area contributed by atoms with E-state index in [9.17, 15) is 4.79 Å². The van der Waals surface area contributed by atoms with Gasteiger partial charge in [-0.2, -0.15) is 0 Å². The molecule has 0 aromatic rings. The Bertz CT molecular complexity index is 223. The average Bonchev–Trinajstić information content (AvgIpc) is 2.36. The predicted molar refractivity (Wildman–Crippen MR) is 64.4 cm³/mol. The van der Waals surface area contributed by atoms with Gasteiger partial charge in [0.1, 0.15) is 5.54 Å². The molecule has 1 saturated heterocycles. The second kappa shape index (κ2) is 6.21. The summed E-state index contributed by atoms with van der Waals surface area (Å²) >= 11 is 0. The van der Waals surface area contributed by atoms with Crippen molar-refractivity contribution in [3.8, 4) is 0 Å². The van der Waals surface area contributed by atoms with E-state index in [0.717, 1.165) is 45.4 Å². The van der Waals surface area contributed by atoms with Crippen molar-refractivity contribution in [1.29, 1.82) is 0 Å². The van der Waals surface area contributed by atoms with Gasteiger partial charge in [-0.3, -0.25) is 4.79 Å². The van der Waals surface area contributed by atoms with Gasteiger partial charge in [-0.25, -0.2) is 0 Å². The van der Waals surface area contributed by atoms with Gasteiger partial charge in [0.2, 0.25) is 0 Å². The second-order valence-electron chi connectivity index (χ2n) is 4.43. The second-order valence-corrected chi connectivity index (χ2v) is 4.43. The third-order valence-corrected chi connectivity index (χ3v) is 3.45. The molecular formula is C12H24N2O2. The fourth-order valence-corrected chi connectivity index (χ4v) is 2.26. The van der Waals surface area contributed by atoms with Crippen molar-refractivity contribution in [1.82, 2.24) is 10.2 Å². The average molecular weight is 228 g/mol. The highest BCUT2D eigenvalue weighted by atomic mass is 16.5. The Kier molecular flexibility index (Phi) is 5.22.